The molecule has 0 aliphatic heterocycles. The number of hydrogen-bond donors (Lipinski definition) is 1. The standard InChI is InChI=1S/C12H14N4O4/c1-7(13)5-11-14-12(20-15-11)8-3-4-9(16(17)18)10(6-8)19-2/h3-4,6-7H,5,13H2,1-2H3. The summed E-state index contributed by atoms with van der Waals surface area (Å²) in [5.41, 5.74) is 6.09. The fourth-order valence-corrected chi connectivity index (χ4v) is 1.70. The lowest BCUT2D eigenvalue weighted by molar-refractivity contribution is -0.385. The maximum atomic E-state index is 10.8. The highest BCUT2D eigenvalue weighted by molar-refractivity contribution is 5.61. The number of methoxy groups -OCH3 is 1. The summed E-state index contributed by atoms with van der Waals surface area (Å²) in [6.07, 6.45) is 0.494. The van der Waals surface area contributed by atoms with E-state index >= 15 is 0 Å². The van der Waals surface area contributed by atoms with Crippen LogP contribution in [0.15, 0.2) is 22.7 Å². The topological polar surface area (TPSA) is 117 Å². The number of nitro benzene ring substituents is 1. The molecule has 0 aliphatic rings. The van der Waals surface area contributed by atoms with Crippen LogP contribution in [-0.2, 0) is 6.42 Å². The summed E-state index contributed by atoms with van der Waals surface area (Å²) in [5, 5.41) is 14.6. The molecule has 2 rings (SSSR count). The summed E-state index contributed by atoms with van der Waals surface area (Å²) < 4.78 is 10.1. The van der Waals surface area contributed by atoms with E-state index in [2.05, 4.69) is 10.1 Å². The average molecular weight is 278 g/mol. The van der Waals surface area contributed by atoms with E-state index in [1.54, 1.807) is 0 Å². The van der Waals surface area contributed by atoms with Gasteiger partial charge in [-0.15, -0.1) is 0 Å². The van der Waals surface area contributed by atoms with Crippen LogP contribution >= 0.6 is 0 Å². The van der Waals surface area contributed by atoms with E-state index in [-0.39, 0.29) is 23.4 Å². The Hall–Kier alpha value is -2.48. The molecule has 20 heavy (non-hydrogen) atoms. The molecule has 0 fully saturated rings. The summed E-state index contributed by atoms with van der Waals surface area (Å²) in [6.45, 7) is 1.84. The monoisotopic (exact) mass is 278 g/mol. The van der Waals surface area contributed by atoms with E-state index in [4.69, 9.17) is 15.0 Å². The highest BCUT2D eigenvalue weighted by Gasteiger charge is 2.18. The number of ether oxygens (including phenoxy) is 1. The van der Waals surface area contributed by atoms with Crippen LogP contribution < -0.4 is 10.5 Å². The first-order valence-corrected chi connectivity index (χ1v) is 5.92. The molecule has 1 aromatic carbocycles. The van der Waals surface area contributed by atoms with E-state index < -0.39 is 4.92 Å². The molecular formula is C12H14N4O4. The Kier molecular flexibility index (Phi) is 3.94. The third-order valence-corrected chi connectivity index (χ3v) is 2.60. The quantitative estimate of drug-likeness (QED) is 0.651. The first-order chi connectivity index (χ1) is 9.51. The third kappa shape index (κ3) is 2.91. The Bertz CT molecular complexity index is 624. The molecule has 0 radical (unpaired) electrons. The van der Waals surface area contributed by atoms with Crippen molar-refractivity contribution in [1.29, 1.82) is 0 Å². The van der Waals surface area contributed by atoms with Crippen LogP contribution in [0, 0.1) is 10.1 Å². The zero-order valence-electron chi connectivity index (χ0n) is 11.1. The number of nitro groups is 1. The summed E-state index contributed by atoms with van der Waals surface area (Å²) >= 11 is 0. The first kappa shape index (κ1) is 13.9. The molecule has 1 aromatic heterocycles. The van der Waals surface area contributed by atoms with Gasteiger partial charge in [0, 0.05) is 30.2 Å². The number of nitrogens with two attached hydrogens (primary N) is 1. The molecule has 0 saturated carbocycles. The van der Waals surface area contributed by atoms with Crippen molar-refractivity contribution in [3.63, 3.8) is 0 Å². The van der Waals surface area contributed by atoms with Crippen molar-refractivity contribution < 1.29 is 14.2 Å². The lowest BCUT2D eigenvalue weighted by atomic mass is 10.2. The van der Waals surface area contributed by atoms with Crippen LogP contribution in [0.1, 0.15) is 12.7 Å². The van der Waals surface area contributed by atoms with Crippen molar-refractivity contribution in [2.75, 3.05) is 7.11 Å². The first-order valence-electron chi connectivity index (χ1n) is 5.92. The molecule has 0 saturated heterocycles. The van der Waals surface area contributed by atoms with Crippen LogP contribution in [0.25, 0.3) is 11.5 Å². The largest absolute Gasteiger partial charge is 0.490 e. The molecule has 0 bridgehead atoms. The van der Waals surface area contributed by atoms with Crippen molar-refractivity contribution in [1.82, 2.24) is 10.1 Å². The van der Waals surface area contributed by atoms with Gasteiger partial charge in [0.15, 0.2) is 11.6 Å². The van der Waals surface area contributed by atoms with Crippen LogP contribution in [0.5, 0.6) is 5.75 Å². The maximum Gasteiger partial charge on any atom is 0.310 e. The van der Waals surface area contributed by atoms with Crippen molar-refractivity contribution in [3.8, 4) is 17.2 Å². The van der Waals surface area contributed by atoms with E-state index in [0.29, 0.717) is 17.8 Å². The van der Waals surface area contributed by atoms with Crippen molar-refractivity contribution >= 4 is 5.69 Å². The fraction of sp³-hybridized carbons (Fsp3) is 0.333. The molecule has 0 spiro atoms. The summed E-state index contributed by atoms with van der Waals surface area (Å²) in [4.78, 5) is 14.5. The number of nitrogens with zero attached hydrogens (tertiary/aromatic N) is 3. The Morgan fingerprint density at radius 1 is 1.55 bits per heavy atom. The zero-order valence-corrected chi connectivity index (χ0v) is 11.1. The predicted molar refractivity (Wildman–Crippen MR) is 70.3 cm³/mol. The second-order valence-electron chi connectivity index (χ2n) is 4.34. The average Bonchev–Trinajstić information content (AvgIpc) is 2.85. The molecule has 2 aromatic rings. The second kappa shape index (κ2) is 5.66. The minimum Gasteiger partial charge on any atom is -0.490 e. The minimum absolute atomic E-state index is 0.0770. The van der Waals surface area contributed by atoms with E-state index in [1.165, 1.54) is 25.3 Å². The Morgan fingerprint density at radius 2 is 2.30 bits per heavy atom. The molecular weight excluding hydrogens is 264 g/mol. The second-order valence-corrected chi connectivity index (χ2v) is 4.34. The Morgan fingerprint density at radius 3 is 2.90 bits per heavy atom. The van der Waals surface area contributed by atoms with Gasteiger partial charge in [-0.25, -0.2) is 0 Å². The summed E-state index contributed by atoms with van der Waals surface area (Å²) in [7, 11) is 1.36. The molecule has 8 nitrogen and oxygen atoms in total. The van der Waals surface area contributed by atoms with Gasteiger partial charge in [-0.05, 0) is 13.0 Å². The summed E-state index contributed by atoms with van der Waals surface area (Å²) in [6, 6.07) is 4.28. The van der Waals surface area contributed by atoms with Gasteiger partial charge in [0.2, 0.25) is 0 Å². The Balaban J connectivity index is 2.33. The van der Waals surface area contributed by atoms with E-state index in [9.17, 15) is 10.1 Å². The van der Waals surface area contributed by atoms with Gasteiger partial charge in [0.25, 0.3) is 5.89 Å². The molecule has 1 heterocycles. The predicted octanol–water partition coefficient (Wildman–Crippen LogP) is 1.54. The molecule has 8 heteroatoms. The SMILES string of the molecule is COc1cc(-c2nc(CC(C)N)no2)ccc1[N+](=O)[O-]. The molecule has 0 aliphatic carbocycles. The lowest BCUT2D eigenvalue weighted by Crippen LogP contribution is -2.18. The van der Waals surface area contributed by atoms with Crippen LogP contribution in [-0.4, -0.2) is 28.2 Å². The number of hydrogen-bond acceptors (Lipinski definition) is 7. The van der Waals surface area contributed by atoms with E-state index in [1.807, 2.05) is 6.92 Å². The van der Waals surface area contributed by atoms with Crippen LogP contribution in [0.4, 0.5) is 5.69 Å². The van der Waals surface area contributed by atoms with Crippen LogP contribution in [0.2, 0.25) is 0 Å². The van der Waals surface area contributed by atoms with E-state index in [0.717, 1.165) is 0 Å². The maximum absolute atomic E-state index is 10.8. The Labute approximate surface area is 114 Å². The van der Waals surface area contributed by atoms with Gasteiger partial charge in [-0.2, -0.15) is 4.98 Å². The molecule has 106 valence electrons. The molecule has 2 N–H and O–H groups in total. The molecule has 1 atom stereocenters. The normalized spacial score (nSPS) is 12.2. The van der Waals surface area contributed by atoms with Crippen molar-refractivity contribution in [3.05, 3.63) is 34.1 Å². The highest BCUT2D eigenvalue weighted by Crippen LogP contribution is 2.31. The number of benzene rings is 1. The van der Waals surface area contributed by atoms with Crippen LogP contribution in [0.3, 0.4) is 0 Å². The summed E-state index contributed by atoms with van der Waals surface area (Å²) in [5.74, 6) is 0.903. The lowest BCUT2D eigenvalue weighted by Gasteiger charge is -2.02. The highest BCUT2D eigenvalue weighted by atomic mass is 16.6. The van der Waals surface area contributed by atoms with Gasteiger partial charge >= 0.3 is 5.69 Å². The molecule has 0 amide bonds. The van der Waals surface area contributed by atoms with Crippen molar-refractivity contribution in [2.24, 2.45) is 5.73 Å². The number of aromatic nitrogens is 2. The van der Waals surface area contributed by atoms with Gasteiger partial charge in [-0.1, -0.05) is 5.16 Å². The van der Waals surface area contributed by atoms with Crippen molar-refractivity contribution in [2.45, 2.75) is 19.4 Å². The zero-order chi connectivity index (χ0) is 14.7. The van der Waals surface area contributed by atoms with Gasteiger partial charge in [0.05, 0.1) is 12.0 Å². The smallest absolute Gasteiger partial charge is 0.310 e. The third-order valence-electron chi connectivity index (χ3n) is 2.60. The fourth-order valence-electron chi connectivity index (χ4n) is 1.70. The van der Waals surface area contributed by atoms with Gasteiger partial charge in [-0.3, -0.25) is 10.1 Å². The number of rotatable bonds is 5. The van der Waals surface area contributed by atoms with Gasteiger partial charge < -0.3 is 15.0 Å². The van der Waals surface area contributed by atoms with Gasteiger partial charge in [0.1, 0.15) is 0 Å². The minimum atomic E-state index is -0.516. The molecule has 1 unspecified atom stereocenters.